The monoisotopic (exact) mass is 378 g/mol. The molecule has 1 aromatic carbocycles. The highest BCUT2D eigenvalue weighted by Crippen LogP contribution is 2.27. The van der Waals surface area contributed by atoms with Crippen molar-refractivity contribution in [3.8, 4) is 0 Å². The minimum Gasteiger partial charge on any atom is -0.342 e. The number of hydrogen-bond donors (Lipinski definition) is 0. The molecule has 1 aliphatic heterocycles. The fourth-order valence-corrected chi connectivity index (χ4v) is 3.92. The lowest BCUT2D eigenvalue weighted by molar-refractivity contribution is -0.131. The minimum absolute atomic E-state index is 0.209. The highest BCUT2D eigenvalue weighted by molar-refractivity contribution is 5.78. The van der Waals surface area contributed by atoms with Gasteiger partial charge in [-0.3, -0.25) is 9.48 Å². The lowest BCUT2D eigenvalue weighted by Gasteiger charge is -2.31. The van der Waals surface area contributed by atoms with Crippen LogP contribution in [0.15, 0.2) is 48.8 Å². The zero-order valence-electron chi connectivity index (χ0n) is 16.2. The second-order valence-electron chi connectivity index (χ2n) is 7.24. The minimum atomic E-state index is 0.209. The summed E-state index contributed by atoms with van der Waals surface area (Å²) in [6.45, 7) is 5.15. The molecule has 0 aliphatic carbocycles. The predicted molar refractivity (Wildman–Crippen MR) is 106 cm³/mol. The zero-order chi connectivity index (χ0) is 19.3. The van der Waals surface area contributed by atoms with Gasteiger partial charge in [-0.05, 0) is 31.4 Å². The van der Waals surface area contributed by atoms with E-state index in [4.69, 9.17) is 0 Å². The Morgan fingerprint density at radius 3 is 2.57 bits per heavy atom. The van der Waals surface area contributed by atoms with Gasteiger partial charge in [-0.2, -0.15) is 5.10 Å². The van der Waals surface area contributed by atoms with Crippen LogP contribution in [0.4, 0.5) is 0 Å². The molecule has 146 valence electrons. The molecule has 0 bridgehead atoms. The Morgan fingerprint density at radius 1 is 1.11 bits per heavy atom. The Balaban J connectivity index is 1.38. The van der Waals surface area contributed by atoms with Crippen LogP contribution in [0.1, 0.15) is 42.9 Å². The van der Waals surface area contributed by atoms with Crippen LogP contribution in [-0.4, -0.2) is 48.4 Å². The molecule has 7 heteroatoms. The number of piperidine rings is 1. The van der Waals surface area contributed by atoms with Crippen molar-refractivity contribution < 1.29 is 4.79 Å². The Bertz CT molecular complexity index is 894. The topological polar surface area (TPSA) is 68.8 Å². The number of rotatable bonds is 6. The van der Waals surface area contributed by atoms with Gasteiger partial charge in [-0.15, -0.1) is 10.2 Å². The van der Waals surface area contributed by atoms with E-state index in [0.717, 1.165) is 49.7 Å². The van der Waals surface area contributed by atoms with Gasteiger partial charge >= 0.3 is 0 Å². The smallest absolute Gasteiger partial charge is 0.226 e. The van der Waals surface area contributed by atoms with E-state index in [1.165, 1.54) is 0 Å². The first-order chi connectivity index (χ1) is 13.7. The van der Waals surface area contributed by atoms with Gasteiger partial charge in [-0.25, -0.2) is 0 Å². The molecule has 0 N–H and O–H groups in total. The van der Waals surface area contributed by atoms with E-state index in [1.54, 1.807) is 6.20 Å². The van der Waals surface area contributed by atoms with Gasteiger partial charge in [0.25, 0.3) is 0 Å². The molecular formula is C21H26N6O. The van der Waals surface area contributed by atoms with Crippen LogP contribution >= 0.6 is 0 Å². The van der Waals surface area contributed by atoms with Crippen molar-refractivity contribution in [3.05, 3.63) is 66.0 Å². The molecule has 4 rings (SSSR count). The van der Waals surface area contributed by atoms with Crippen molar-refractivity contribution >= 4 is 5.91 Å². The molecule has 0 radical (unpaired) electrons. The van der Waals surface area contributed by atoms with Crippen molar-refractivity contribution in [1.82, 2.24) is 29.4 Å². The third-order valence-electron chi connectivity index (χ3n) is 5.45. The molecule has 7 nitrogen and oxygen atoms in total. The lowest BCUT2D eigenvalue weighted by Crippen LogP contribution is -2.39. The van der Waals surface area contributed by atoms with E-state index in [9.17, 15) is 4.79 Å². The Kier molecular flexibility index (Phi) is 5.50. The number of nitrogens with zero attached hydrogens (tertiary/aromatic N) is 6. The molecule has 1 saturated heterocycles. The van der Waals surface area contributed by atoms with Crippen LogP contribution in [0.5, 0.6) is 0 Å². The summed E-state index contributed by atoms with van der Waals surface area (Å²) < 4.78 is 4.07. The Labute approximate surface area is 165 Å². The van der Waals surface area contributed by atoms with Crippen molar-refractivity contribution in [3.63, 3.8) is 0 Å². The first-order valence-corrected chi connectivity index (χ1v) is 9.95. The standard InChI is InChI=1S/C21H26N6O/c1-2-27-19(16-26-12-6-11-22-26)23-24-21(27)18-9-13-25(14-10-18)20(28)15-17-7-4-3-5-8-17/h3-8,11-12,18H,2,9-10,13-16H2,1H3. The first kappa shape index (κ1) is 18.4. The second-order valence-corrected chi connectivity index (χ2v) is 7.24. The SMILES string of the molecule is CCn1c(Cn2cccn2)nnc1C1CCN(C(=O)Cc2ccccc2)CC1. The van der Waals surface area contributed by atoms with E-state index in [0.29, 0.717) is 18.9 Å². The van der Waals surface area contributed by atoms with E-state index in [1.807, 2.05) is 52.2 Å². The highest BCUT2D eigenvalue weighted by Gasteiger charge is 2.27. The average Bonchev–Trinajstić information content (AvgIpc) is 3.39. The zero-order valence-corrected chi connectivity index (χ0v) is 16.2. The summed E-state index contributed by atoms with van der Waals surface area (Å²) in [7, 11) is 0. The molecule has 28 heavy (non-hydrogen) atoms. The van der Waals surface area contributed by atoms with Gasteiger partial charge in [0.2, 0.25) is 5.91 Å². The van der Waals surface area contributed by atoms with Crippen LogP contribution in [0, 0.1) is 0 Å². The number of carbonyl (C=O) groups excluding carboxylic acids is 1. The Morgan fingerprint density at radius 2 is 1.89 bits per heavy atom. The maximum Gasteiger partial charge on any atom is 0.226 e. The summed E-state index contributed by atoms with van der Waals surface area (Å²) in [5.74, 6) is 2.53. The number of aromatic nitrogens is 5. The quantitative estimate of drug-likeness (QED) is 0.661. The number of likely N-dealkylation sites (tertiary alicyclic amines) is 1. The molecule has 0 unspecified atom stereocenters. The van der Waals surface area contributed by atoms with Crippen LogP contribution in [0.2, 0.25) is 0 Å². The van der Waals surface area contributed by atoms with E-state index >= 15 is 0 Å². The van der Waals surface area contributed by atoms with Gasteiger partial charge in [0.1, 0.15) is 12.4 Å². The third-order valence-corrected chi connectivity index (χ3v) is 5.45. The summed E-state index contributed by atoms with van der Waals surface area (Å²) >= 11 is 0. The molecule has 0 saturated carbocycles. The summed E-state index contributed by atoms with van der Waals surface area (Å²) in [6, 6.07) is 11.9. The molecule has 1 fully saturated rings. The van der Waals surface area contributed by atoms with Gasteiger partial charge < -0.3 is 9.47 Å². The van der Waals surface area contributed by atoms with Crippen molar-refractivity contribution in [2.75, 3.05) is 13.1 Å². The summed E-state index contributed by atoms with van der Waals surface area (Å²) in [6.07, 6.45) is 6.05. The number of hydrogen-bond acceptors (Lipinski definition) is 4. The van der Waals surface area contributed by atoms with Crippen LogP contribution in [-0.2, 0) is 24.3 Å². The fourth-order valence-electron chi connectivity index (χ4n) is 3.92. The normalized spacial score (nSPS) is 15.1. The van der Waals surface area contributed by atoms with Gasteiger partial charge in [0.15, 0.2) is 5.82 Å². The van der Waals surface area contributed by atoms with E-state index < -0.39 is 0 Å². The Hall–Kier alpha value is -2.96. The fraction of sp³-hybridized carbons (Fsp3) is 0.429. The number of benzene rings is 1. The highest BCUT2D eigenvalue weighted by atomic mass is 16.2. The largest absolute Gasteiger partial charge is 0.342 e. The molecule has 1 amide bonds. The van der Waals surface area contributed by atoms with Crippen LogP contribution in [0.25, 0.3) is 0 Å². The number of carbonyl (C=O) groups is 1. The molecule has 3 heterocycles. The van der Waals surface area contributed by atoms with Crippen molar-refractivity contribution in [2.45, 2.75) is 45.2 Å². The first-order valence-electron chi connectivity index (χ1n) is 9.95. The van der Waals surface area contributed by atoms with Crippen molar-refractivity contribution in [1.29, 1.82) is 0 Å². The summed E-state index contributed by atoms with van der Waals surface area (Å²) in [5.41, 5.74) is 1.07. The molecule has 0 atom stereocenters. The predicted octanol–water partition coefficient (Wildman–Crippen LogP) is 2.49. The summed E-state index contributed by atoms with van der Waals surface area (Å²) in [4.78, 5) is 14.6. The maximum atomic E-state index is 12.6. The van der Waals surface area contributed by atoms with E-state index in [-0.39, 0.29) is 5.91 Å². The average molecular weight is 378 g/mol. The van der Waals surface area contributed by atoms with Crippen LogP contribution in [0.3, 0.4) is 0 Å². The number of amides is 1. The summed E-state index contributed by atoms with van der Waals surface area (Å²) in [5, 5.41) is 13.2. The maximum absolute atomic E-state index is 12.6. The van der Waals surface area contributed by atoms with Crippen LogP contribution < -0.4 is 0 Å². The van der Waals surface area contributed by atoms with Crippen molar-refractivity contribution in [2.24, 2.45) is 0 Å². The lowest BCUT2D eigenvalue weighted by atomic mass is 9.95. The molecular weight excluding hydrogens is 352 g/mol. The second kappa shape index (κ2) is 8.37. The van der Waals surface area contributed by atoms with E-state index in [2.05, 4.69) is 26.8 Å². The van der Waals surface area contributed by atoms with Gasteiger partial charge in [0, 0.05) is 37.9 Å². The molecule has 2 aromatic heterocycles. The molecule has 3 aromatic rings. The third kappa shape index (κ3) is 3.98. The van der Waals surface area contributed by atoms with Gasteiger partial charge in [0.05, 0.1) is 6.42 Å². The van der Waals surface area contributed by atoms with Gasteiger partial charge in [-0.1, -0.05) is 30.3 Å². The molecule has 1 aliphatic rings. The molecule has 0 spiro atoms.